The highest BCUT2D eigenvalue weighted by Gasteiger charge is 2.16. The van der Waals surface area contributed by atoms with Gasteiger partial charge < -0.3 is 9.47 Å². The highest BCUT2D eigenvalue weighted by Crippen LogP contribution is 2.26. The van der Waals surface area contributed by atoms with Gasteiger partial charge in [-0.1, -0.05) is 6.07 Å². The van der Waals surface area contributed by atoms with E-state index >= 15 is 0 Å². The smallest absolute Gasteiger partial charge is 0.346 e. The van der Waals surface area contributed by atoms with Gasteiger partial charge in [-0.15, -0.1) is 0 Å². The van der Waals surface area contributed by atoms with E-state index in [-0.39, 0.29) is 5.97 Å². The van der Waals surface area contributed by atoms with Gasteiger partial charge in [-0.2, -0.15) is 0 Å². The SMILES string of the molecule is COC(=O)C(C)Oc1ccc2c(c1)CCC2. The average Bonchev–Trinajstić information content (AvgIpc) is 2.75. The second-order valence-electron chi connectivity index (χ2n) is 4.07. The van der Waals surface area contributed by atoms with Gasteiger partial charge in [0.25, 0.3) is 0 Å². The molecule has 0 saturated heterocycles. The molecule has 86 valence electrons. The van der Waals surface area contributed by atoms with Crippen LogP contribution in [-0.2, 0) is 22.4 Å². The van der Waals surface area contributed by atoms with E-state index in [9.17, 15) is 4.79 Å². The number of fused-ring (bicyclic) bond motifs is 1. The van der Waals surface area contributed by atoms with Crippen molar-refractivity contribution >= 4 is 5.97 Å². The maximum atomic E-state index is 11.2. The number of esters is 1. The molecule has 0 saturated carbocycles. The molecule has 3 heteroatoms. The average molecular weight is 220 g/mol. The van der Waals surface area contributed by atoms with Crippen LogP contribution in [0.5, 0.6) is 5.75 Å². The third kappa shape index (κ3) is 2.18. The first kappa shape index (κ1) is 11.0. The minimum absolute atomic E-state index is 0.347. The van der Waals surface area contributed by atoms with Gasteiger partial charge in [-0.3, -0.25) is 0 Å². The Morgan fingerprint density at radius 1 is 1.31 bits per heavy atom. The summed E-state index contributed by atoms with van der Waals surface area (Å²) in [7, 11) is 1.37. The summed E-state index contributed by atoms with van der Waals surface area (Å²) in [5, 5.41) is 0. The van der Waals surface area contributed by atoms with Crippen molar-refractivity contribution in [3.8, 4) is 5.75 Å². The van der Waals surface area contributed by atoms with Crippen LogP contribution in [0.15, 0.2) is 18.2 Å². The molecule has 1 aromatic rings. The molecule has 0 spiro atoms. The summed E-state index contributed by atoms with van der Waals surface area (Å²) in [6, 6.07) is 6.03. The Morgan fingerprint density at radius 3 is 2.81 bits per heavy atom. The summed E-state index contributed by atoms with van der Waals surface area (Å²) < 4.78 is 10.1. The van der Waals surface area contributed by atoms with Crippen molar-refractivity contribution in [2.24, 2.45) is 0 Å². The first-order valence-electron chi connectivity index (χ1n) is 5.57. The first-order valence-corrected chi connectivity index (χ1v) is 5.57. The fourth-order valence-electron chi connectivity index (χ4n) is 2.04. The lowest BCUT2D eigenvalue weighted by molar-refractivity contribution is -0.147. The normalized spacial score (nSPS) is 15.4. The van der Waals surface area contributed by atoms with E-state index in [1.165, 1.54) is 24.7 Å². The second kappa shape index (κ2) is 4.56. The van der Waals surface area contributed by atoms with Crippen LogP contribution in [0, 0.1) is 0 Å². The van der Waals surface area contributed by atoms with Gasteiger partial charge in [0.1, 0.15) is 5.75 Å². The molecular formula is C13H16O3. The number of aryl methyl sites for hydroxylation is 2. The first-order chi connectivity index (χ1) is 7.70. The molecule has 0 amide bonds. The Bertz CT molecular complexity index is 398. The van der Waals surface area contributed by atoms with E-state index in [2.05, 4.69) is 10.8 Å². The molecule has 0 heterocycles. The van der Waals surface area contributed by atoms with Crippen molar-refractivity contribution in [3.63, 3.8) is 0 Å². The maximum Gasteiger partial charge on any atom is 0.346 e. The van der Waals surface area contributed by atoms with Gasteiger partial charge in [0.2, 0.25) is 0 Å². The second-order valence-corrected chi connectivity index (χ2v) is 4.07. The van der Waals surface area contributed by atoms with E-state index < -0.39 is 6.10 Å². The Labute approximate surface area is 95.4 Å². The lowest BCUT2D eigenvalue weighted by Crippen LogP contribution is -2.24. The summed E-state index contributed by atoms with van der Waals surface area (Å²) in [4.78, 5) is 11.2. The molecule has 1 unspecified atom stereocenters. The molecule has 0 N–H and O–H groups in total. The van der Waals surface area contributed by atoms with E-state index in [1.54, 1.807) is 6.92 Å². The molecule has 3 nitrogen and oxygen atoms in total. The zero-order valence-corrected chi connectivity index (χ0v) is 9.66. The van der Waals surface area contributed by atoms with Crippen LogP contribution in [0.2, 0.25) is 0 Å². The van der Waals surface area contributed by atoms with Crippen molar-refractivity contribution in [2.75, 3.05) is 7.11 Å². The van der Waals surface area contributed by atoms with E-state index in [0.29, 0.717) is 0 Å². The number of carbonyl (C=O) groups is 1. The van der Waals surface area contributed by atoms with Gasteiger partial charge in [0.05, 0.1) is 7.11 Å². The van der Waals surface area contributed by atoms with Crippen LogP contribution < -0.4 is 4.74 Å². The van der Waals surface area contributed by atoms with Crippen molar-refractivity contribution < 1.29 is 14.3 Å². The van der Waals surface area contributed by atoms with Crippen LogP contribution in [0.3, 0.4) is 0 Å². The minimum atomic E-state index is -0.551. The Kier molecular flexibility index (Phi) is 3.13. The topological polar surface area (TPSA) is 35.5 Å². The van der Waals surface area contributed by atoms with E-state index in [4.69, 9.17) is 4.74 Å². The van der Waals surface area contributed by atoms with Gasteiger partial charge in [-0.05, 0) is 49.4 Å². The Morgan fingerprint density at radius 2 is 2.06 bits per heavy atom. The number of carbonyl (C=O) groups excluding carboxylic acids is 1. The molecule has 1 aromatic carbocycles. The number of benzene rings is 1. The summed E-state index contributed by atoms with van der Waals surface area (Å²) in [6.07, 6.45) is 2.93. The molecule has 0 fully saturated rings. The van der Waals surface area contributed by atoms with E-state index in [1.807, 2.05) is 12.1 Å². The van der Waals surface area contributed by atoms with Crippen LogP contribution in [0.4, 0.5) is 0 Å². The van der Waals surface area contributed by atoms with Crippen molar-refractivity contribution in [3.05, 3.63) is 29.3 Å². The highest BCUT2D eigenvalue weighted by molar-refractivity contribution is 5.74. The zero-order valence-electron chi connectivity index (χ0n) is 9.66. The molecule has 0 aromatic heterocycles. The predicted octanol–water partition coefficient (Wildman–Crippen LogP) is 2.12. The van der Waals surface area contributed by atoms with Crippen molar-refractivity contribution in [2.45, 2.75) is 32.3 Å². The molecule has 1 aliphatic carbocycles. The quantitative estimate of drug-likeness (QED) is 0.732. The van der Waals surface area contributed by atoms with Crippen molar-refractivity contribution in [1.82, 2.24) is 0 Å². The highest BCUT2D eigenvalue weighted by atomic mass is 16.6. The van der Waals surface area contributed by atoms with Crippen LogP contribution in [0.1, 0.15) is 24.5 Å². The third-order valence-electron chi connectivity index (χ3n) is 2.92. The number of rotatable bonds is 3. The van der Waals surface area contributed by atoms with Gasteiger partial charge >= 0.3 is 5.97 Å². The lowest BCUT2D eigenvalue weighted by atomic mass is 10.1. The summed E-state index contributed by atoms with van der Waals surface area (Å²) in [6.45, 7) is 1.69. The Hall–Kier alpha value is -1.51. The lowest BCUT2D eigenvalue weighted by Gasteiger charge is -2.13. The number of methoxy groups -OCH3 is 1. The minimum Gasteiger partial charge on any atom is -0.479 e. The molecule has 0 bridgehead atoms. The Balaban J connectivity index is 2.08. The van der Waals surface area contributed by atoms with E-state index in [0.717, 1.165) is 18.6 Å². The van der Waals surface area contributed by atoms with Crippen molar-refractivity contribution in [1.29, 1.82) is 0 Å². The monoisotopic (exact) mass is 220 g/mol. The third-order valence-corrected chi connectivity index (χ3v) is 2.92. The van der Waals surface area contributed by atoms with Crippen LogP contribution >= 0.6 is 0 Å². The standard InChI is InChI=1S/C13H16O3/c1-9(13(14)15-2)16-12-7-6-10-4-3-5-11(10)8-12/h6-9H,3-5H2,1-2H3. The van der Waals surface area contributed by atoms with Gasteiger partial charge in [-0.25, -0.2) is 4.79 Å². The fraction of sp³-hybridized carbons (Fsp3) is 0.462. The predicted molar refractivity (Wildman–Crippen MR) is 60.6 cm³/mol. The molecule has 16 heavy (non-hydrogen) atoms. The molecule has 2 rings (SSSR count). The fourth-order valence-corrected chi connectivity index (χ4v) is 2.04. The summed E-state index contributed by atoms with van der Waals surface area (Å²) in [5.41, 5.74) is 2.74. The zero-order chi connectivity index (χ0) is 11.5. The molecule has 1 atom stereocenters. The number of ether oxygens (including phenoxy) is 2. The van der Waals surface area contributed by atoms with Crippen LogP contribution in [0.25, 0.3) is 0 Å². The number of hydrogen-bond acceptors (Lipinski definition) is 3. The largest absolute Gasteiger partial charge is 0.479 e. The van der Waals surface area contributed by atoms with Gasteiger partial charge in [0, 0.05) is 0 Å². The summed E-state index contributed by atoms with van der Waals surface area (Å²) in [5.74, 6) is 0.402. The molecule has 0 aliphatic heterocycles. The van der Waals surface area contributed by atoms with Gasteiger partial charge in [0.15, 0.2) is 6.10 Å². The van der Waals surface area contributed by atoms with Crippen LogP contribution in [-0.4, -0.2) is 19.2 Å². The number of hydrogen-bond donors (Lipinski definition) is 0. The maximum absolute atomic E-state index is 11.2. The molecular weight excluding hydrogens is 204 g/mol. The summed E-state index contributed by atoms with van der Waals surface area (Å²) >= 11 is 0. The molecule has 0 radical (unpaired) electrons. The molecule has 1 aliphatic rings.